The van der Waals surface area contributed by atoms with Gasteiger partial charge in [-0.05, 0) is 42.3 Å². The zero-order valence-electron chi connectivity index (χ0n) is 12.6. The first-order valence-corrected chi connectivity index (χ1v) is 7.91. The molecule has 1 aliphatic rings. The van der Waals surface area contributed by atoms with Crippen molar-refractivity contribution in [3.63, 3.8) is 0 Å². The number of fused-ring (bicyclic) bond motifs is 1. The Bertz CT molecular complexity index is 614. The zero-order valence-corrected chi connectivity index (χ0v) is 13.3. The molecule has 0 saturated carbocycles. The minimum absolute atomic E-state index is 0.285. The Balaban J connectivity index is 1.81. The molecule has 3 heteroatoms. The smallest absolute Gasteiger partial charge is 0.0474 e. The van der Waals surface area contributed by atoms with E-state index in [0.717, 1.165) is 24.7 Å². The van der Waals surface area contributed by atoms with Crippen molar-refractivity contribution >= 4 is 17.3 Å². The Morgan fingerprint density at radius 1 is 1.14 bits per heavy atom. The fourth-order valence-corrected chi connectivity index (χ4v) is 3.33. The van der Waals surface area contributed by atoms with Crippen LogP contribution in [0.5, 0.6) is 0 Å². The number of benzene rings is 2. The molecule has 0 fully saturated rings. The van der Waals surface area contributed by atoms with Gasteiger partial charge in [-0.15, -0.1) is 0 Å². The molecule has 0 saturated heterocycles. The van der Waals surface area contributed by atoms with E-state index in [2.05, 4.69) is 66.5 Å². The van der Waals surface area contributed by atoms with Crippen molar-refractivity contribution in [2.45, 2.75) is 33.0 Å². The Kier molecular flexibility index (Phi) is 4.18. The summed E-state index contributed by atoms with van der Waals surface area (Å²) in [4.78, 5) is 2.37. The lowest BCUT2D eigenvalue weighted by Gasteiger charge is -2.21. The van der Waals surface area contributed by atoms with Gasteiger partial charge in [0.05, 0.1) is 0 Å². The van der Waals surface area contributed by atoms with Gasteiger partial charge in [0.2, 0.25) is 0 Å². The molecule has 2 nitrogen and oxygen atoms in total. The van der Waals surface area contributed by atoms with E-state index in [0.29, 0.717) is 0 Å². The normalized spacial score (nSPS) is 15.1. The summed E-state index contributed by atoms with van der Waals surface area (Å²) in [5, 5.41) is 4.25. The summed E-state index contributed by atoms with van der Waals surface area (Å²) in [5.74, 6) is 0. The van der Waals surface area contributed by atoms with E-state index < -0.39 is 0 Å². The van der Waals surface area contributed by atoms with Crippen LogP contribution in [0, 0.1) is 0 Å². The molecule has 1 unspecified atom stereocenters. The Morgan fingerprint density at radius 2 is 1.81 bits per heavy atom. The molecule has 1 heterocycles. The fraction of sp³-hybridized carbons (Fsp3) is 0.333. The van der Waals surface area contributed by atoms with E-state index in [1.165, 1.54) is 22.4 Å². The van der Waals surface area contributed by atoms with Crippen molar-refractivity contribution in [2.75, 3.05) is 11.4 Å². The van der Waals surface area contributed by atoms with Crippen LogP contribution in [-0.2, 0) is 13.1 Å². The summed E-state index contributed by atoms with van der Waals surface area (Å²) in [6.45, 7) is 7.14. The van der Waals surface area contributed by atoms with Gasteiger partial charge in [0.15, 0.2) is 0 Å². The van der Waals surface area contributed by atoms with Gasteiger partial charge in [0.1, 0.15) is 0 Å². The highest BCUT2D eigenvalue weighted by atomic mass is 35.5. The molecule has 1 atom stereocenters. The lowest BCUT2D eigenvalue weighted by Crippen LogP contribution is -2.19. The van der Waals surface area contributed by atoms with E-state index >= 15 is 0 Å². The quantitative estimate of drug-likeness (QED) is 0.892. The van der Waals surface area contributed by atoms with Gasteiger partial charge in [-0.2, -0.15) is 0 Å². The molecule has 21 heavy (non-hydrogen) atoms. The van der Waals surface area contributed by atoms with Gasteiger partial charge >= 0.3 is 0 Å². The van der Waals surface area contributed by atoms with Crippen LogP contribution >= 0.6 is 11.6 Å². The maximum Gasteiger partial charge on any atom is 0.0474 e. The fourth-order valence-electron chi connectivity index (χ4n) is 3.00. The van der Waals surface area contributed by atoms with E-state index in [4.69, 9.17) is 11.6 Å². The van der Waals surface area contributed by atoms with Crippen LogP contribution < -0.4 is 10.2 Å². The number of nitrogens with one attached hydrogen (secondary N) is 1. The summed E-state index contributed by atoms with van der Waals surface area (Å²) < 4.78 is 0. The summed E-state index contributed by atoms with van der Waals surface area (Å²) in [7, 11) is 0. The number of anilines is 1. The first-order valence-electron chi connectivity index (χ1n) is 7.53. The Hall–Kier alpha value is -1.51. The monoisotopic (exact) mass is 300 g/mol. The average Bonchev–Trinajstić information content (AvgIpc) is 2.91. The Labute approximate surface area is 131 Å². The van der Waals surface area contributed by atoms with Gasteiger partial charge in [-0.3, -0.25) is 0 Å². The summed E-state index contributed by atoms with van der Waals surface area (Å²) in [5.41, 5.74) is 5.19. The molecule has 0 aromatic heterocycles. The van der Waals surface area contributed by atoms with E-state index in [1.54, 1.807) is 0 Å². The maximum atomic E-state index is 6.48. The predicted octanol–water partition coefficient (Wildman–Crippen LogP) is 4.53. The molecule has 1 aliphatic heterocycles. The zero-order chi connectivity index (χ0) is 14.8. The molecule has 0 aliphatic carbocycles. The highest BCUT2D eigenvalue weighted by Crippen LogP contribution is 2.32. The minimum atomic E-state index is 0.285. The van der Waals surface area contributed by atoms with Crippen LogP contribution in [0.3, 0.4) is 0 Å². The van der Waals surface area contributed by atoms with Gasteiger partial charge in [0.25, 0.3) is 0 Å². The molecule has 1 N–H and O–H groups in total. The molecule has 3 rings (SSSR count). The highest BCUT2D eigenvalue weighted by molar-refractivity contribution is 6.31. The largest absolute Gasteiger partial charge is 0.363 e. The van der Waals surface area contributed by atoms with Crippen molar-refractivity contribution in [3.05, 3.63) is 64.2 Å². The second-order valence-corrected chi connectivity index (χ2v) is 6.02. The van der Waals surface area contributed by atoms with Crippen molar-refractivity contribution < 1.29 is 0 Å². The summed E-state index contributed by atoms with van der Waals surface area (Å²) in [6, 6.07) is 15.3. The third kappa shape index (κ3) is 2.92. The number of hydrogen-bond acceptors (Lipinski definition) is 2. The van der Waals surface area contributed by atoms with E-state index in [-0.39, 0.29) is 6.04 Å². The molecule has 0 spiro atoms. The van der Waals surface area contributed by atoms with Crippen LogP contribution in [-0.4, -0.2) is 6.54 Å². The highest BCUT2D eigenvalue weighted by Gasteiger charge is 2.19. The number of nitrogens with zero attached hydrogens (tertiary/aromatic N) is 1. The molecular formula is C18H21ClN2. The third-order valence-corrected chi connectivity index (χ3v) is 4.49. The molecular weight excluding hydrogens is 280 g/mol. The van der Waals surface area contributed by atoms with Crippen LogP contribution in [0.1, 0.15) is 36.6 Å². The SMILES string of the molecule is CCNC(C)c1ccc(N2Cc3ccccc3C2)cc1Cl. The molecule has 0 bridgehead atoms. The van der Waals surface area contributed by atoms with Crippen molar-refractivity contribution in [3.8, 4) is 0 Å². The number of halogens is 1. The van der Waals surface area contributed by atoms with E-state index in [1.807, 2.05) is 0 Å². The summed E-state index contributed by atoms with van der Waals surface area (Å²) >= 11 is 6.48. The van der Waals surface area contributed by atoms with E-state index in [9.17, 15) is 0 Å². The number of rotatable bonds is 4. The van der Waals surface area contributed by atoms with Gasteiger partial charge in [-0.25, -0.2) is 0 Å². The first kappa shape index (κ1) is 14.4. The predicted molar refractivity (Wildman–Crippen MR) is 89.9 cm³/mol. The van der Waals surface area contributed by atoms with Crippen molar-refractivity contribution in [1.82, 2.24) is 5.32 Å². The molecule has 2 aromatic carbocycles. The second kappa shape index (κ2) is 6.08. The van der Waals surface area contributed by atoms with Gasteiger partial charge in [-0.1, -0.05) is 48.9 Å². The Morgan fingerprint density at radius 3 is 2.38 bits per heavy atom. The second-order valence-electron chi connectivity index (χ2n) is 5.61. The lowest BCUT2D eigenvalue weighted by atomic mass is 10.1. The average molecular weight is 301 g/mol. The van der Waals surface area contributed by atoms with Crippen molar-refractivity contribution in [1.29, 1.82) is 0 Å². The molecule has 110 valence electrons. The van der Waals surface area contributed by atoms with Crippen LogP contribution in [0.2, 0.25) is 5.02 Å². The third-order valence-electron chi connectivity index (χ3n) is 4.17. The maximum absolute atomic E-state index is 6.48. The summed E-state index contributed by atoms with van der Waals surface area (Å²) in [6.07, 6.45) is 0. The molecule has 0 radical (unpaired) electrons. The minimum Gasteiger partial charge on any atom is -0.363 e. The van der Waals surface area contributed by atoms with Crippen molar-refractivity contribution in [2.24, 2.45) is 0 Å². The topological polar surface area (TPSA) is 15.3 Å². The lowest BCUT2D eigenvalue weighted by molar-refractivity contribution is 0.598. The van der Waals surface area contributed by atoms with Crippen LogP contribution in [0.25, 0.3) is 0 Å². The molecule has 2 aromatic rings. The van der Waals surface area contributed by atoms with Crippen LogP contribution in [0.15, 0.2) is 42.5 Å². The van der Waals surface area contributed by atoms with Gasteiger partial charge in [0, 0.05) is 29.8 Å². The first-order chi connectivity index (χ1) is 10.2. The number of hydrogen-bond donors (Lipinski definition) is 1. The standard InChI is InChI=1S/C18H21ClN2/c1-3-20-13(2)17-9-8-16(10-18(17)19)21-11-14-6-4-5-7-15(14)12-21/h4-10,13,20H,3,11-12H2,1-2H3. The van der Waals surface area contributed by atoms with Crippen LogP contribution in [0.4, 0.5) is 5.69 Å². The molecule has 0 amide bonds. The van der Waals surface area contributed by atoms with Gasteiger partial charge < -0.3 is 10.2 Å².